The van der Waals surface area contributed by atoms with Crippen LogP contribution in [0.5, 0.6) is 0 Å². The van der Waals surface area contributed by atoms with Crippen molar-refractivity contribution in [3.8, 4) is 101 Å². The molecular weight excluding hydrogens is 1610 g/mol. The Labute approximate surface area is 771 Å². The number of hydrogen-bond donors (Lipinski definition) is 0. The van der Waals surface area contributed by atoms with Crippen molar-refractivity contribution < 1.29 is 0 Å². The first-order valence-electron chi connectivity index (χ1n) is 45.8. The van der Waals surface area contributed by atoms with E-state index >= 15 is 0 Å². The van der Waals surface area contributed by atoms with Crippen molar-refractivity contribution in [3.63, 3.8) is 0 Å². The molecule has 0 fully saturated rings. The van der Waals surface area contributed by atoms with Gasteiger partial charge in [-0.3, -0.25) is 0 Å². The second kappa shape index (κ2) is 31.7. The number of nitrogens with zero attached hydrogens (tertiary/aromatic N) is 6. The van der Waals surface area contributed by atoms with Crippen molar-refractivity contribution in [3.05, 3.63) is 529 Å². The molecule has 0 amide bonds. The highest BCUT2D eigenvalue weighted by Gasteiger charge is 2.48. The molecule has 24 aromatic rings. The lowest BCUT2D eigenvalue weighted by atomic mass is 9.67. The van der Waals surface area contributed by atoms with E-state index < -0.39 is 10.8 Å². The minimum absolute atomic E-state index is 0.00479. The summed E-state index contributed by atoms with van der Waals surface area (Å²) in [6, 6.07) is 170. The molecule has 0 N–H and O–H groups in total. The molecule has 3 aromatic heterocycles. The van der Waals surface area contributed by atoms with Crippen LogP contribution in [-0.4, -0.2) is 29.9 Å². The molecule has 3 aliphatic carbocycles. The summed E-state index contributed by atoms with van der Waals surface area (Å²) in [6.07, 6.45) is 0. The SMILES string of the molecule is CC1(C)c2ccccc2-c2c1ccc1cc(-c3nc(-c4ccccc4)c4ccccc4n3)ccc21.c1ccc(-c2nc(-c3ccc4cc5c(cc4c3)-c3ccccc3C5(c3ccccc3)c3ccccc3)nc3c2ccc2ccccc23)cc1.c1ccc(-c2nc(-c3ccc4cc5c(cc4c3)-c3ccccc3C5(c3ccccc3)c3ccccc3)nc3ccc4ccccc4c23)cc1. The van der Waals surface area contributed by atoms with Crippen molar-refractivity contribution in [1.29, 1.82) is 0 Å². The van der Waals surface area contributed by atoms with Crippen molar-refractivity contribution in [2.45, 2.75) is 30.1 Å². The van der Waals surface area contributed by atoms with Crippen LogP contribution in [0.2, 0.25) is 0 Å². The summed E-state index contributed by atoms with van der Waals surface area (Å²) in [6.45, 7) is 4.65. The summed E-state index contributed by atoms with van der Waals surface area (Å²) >= 11 is 0. The lowest BCUT2D eigenvalue weighted by Gasteiger charge is -2.34. The summed E-state index contributed by atoms with van der Waals surface area (Å²) in [5, 5.41) is 15.1. The summed E-state index contributed by atoms with van der Waals surface area (Å²) in [4.78, 5) is 31.0. The highest BCUT2D eigenvalue weighted by Crippen LogP contribution is 2.60. The van der Waals surface area contributed by atoms with Gasteiger partial charge in [-0.2, -0.15) is 0 Å². The third-order valence-electron chi connectivity index (χ3n) is 28.1. The maximum Gasteiger partial charge on any atom is 0.160 e. The van der Waals surface area contributed by atoms with Crippen LogP contribution in [0.1, 0.15) is 69.5 Å². The first-order valence-corrected chi connectivity index (χ1v) is 45.8. The van der Waals surface area contributed by atoms with E-state index in [9.17, 15) is 0 Å². The lowest BCUT2D eigenvalue weighted by molar-refractivity contribution is 0.661. The van der Waals surface area contributed by atoms with Crippen molar-refractivity contribution in [2.24, 2.45) is 0 Å². The van der Waals surface area contributed by atoms with E-state index in [0.717, 1.165) is 106 Å². The van der Waals surface area contributed by atoms with Gasteiger partial charge in [0.05, 0.1) is 44.5 Å². The minimum atomic E-state index is -0.422. The molecule has 133 heavy (non-hydrogen) atoms. The molecule has 0 spiro atoms. The van der Waals surface area contributed by atoms with Gasteiger partial charge in [0.1, 0.15) is 0 Å². The highest BCUT2D eigenvalue weighted by molar-refractivity contribution is 6.14. The Morgan fingerprint density at radius 2 is 0.549 bits per heavy atom. The summed E-state index contributed by atoms with van der Waals surface area (Å²) in [5.41, 5.74) is 32.1. The van der Waals surface area contributed by atoms with Crippen molar-refractivity contribution in [1.82, 2.24) is 29.9 Å². The molecule has 6 nitrogen and oxygen atoms in total. The molecule has 21 aromatic carbocycles. The summed E-state index contributed by atoms with van der Waals surface area (Å²) < 4.78 is 0. The molecule has 0 bridgehead atoms. The Morgan fingerprint density at radius 1 is 0.180 bits per heavy atom. The van der Waals surface area contributed by atoms with Crippen molar-refractivity contribution >= 4 is 86.6 Å². The predicted octanol–water partition coefficient (Wildman–Crippen LogP) is 31.7. The maximum absolute atomic E-state index is 5.30. The van der Waals surface area contributed by atoms with Crippen LogP contribution >= 0.6 is 0 Å². The number of fused-ring (bicyclic) bond motifs is 20. The Balaban J connectivity index is 0.000000109. The van der Waals surface area contributed by atoms with E-state index in [2.05, 4.69) is 463 Å². The zero-order chi connectivity index (χ0) is 88.3. The standard InChI is InChI=1S/2C47H30N2.C33H24N2/c1-4-15-32(16-5-1)45-44-38-21-11-10-14-31(38)26-27-43(44)48-46(49-45)34-25-24-33-30-42-40(29-35(33)28-34)39-22-12-13-23-41(39)47(42,36-17-6-2-7-18-36)37-19-8-3-9-20-37;1-4-15-32(16-5-1)44-40-27-26-31-14-10-11-21-38(31)45(40)49-46(48-44)34-25-24-33-30-43-41(29-35(33)28-34)39-22-12-13-23-42(39)47(43,36-17-6-2-7-18-36)37-19-8-3-9-20-37;1-33(2)27-14-8-6-12-25(27)30-24-18-16-23(20-22(24)17-19-28(30)33)32-34-29-15-9-7-13-26(29)31(35-32)21-10-4-3-5-11-21/h2*1-30H;3-20H,1-2H3. The van der Waals surface area contributed by atoms with Gasteiger partial charge in [0, 0.05) is 60.3 Å². The topological polar surface area (TPSA) is 77.3 Å². The molecule has 6 heteroatoms. The smallest absolute Gasteiger partial charge is 0.160 e. The average Bonchev–Trinajstić information content (AvgIpc) is 1.54. The number of para-hydroxylation sites is 1. The molecule has 0 saturated carbocycles. The van der Waals surface area contributed by atoms with Gasteiger partial charge in [0.15, 0.2) is 17.5 Å². The quantitative estimate of drug-likeness (QED) is 0.127. The number of hydrogen-bond acceptors (Lipinski definition) is 6. The van der Waals surface area contributed by atoms with Gasteiger partial charge in [-0.05, 0) is 198 Å². The molecule has 27 rings (SSSR count). The van der Waals surface area contributed by atoms with Crippen LogP contribution in [0.25, 0.3) is 188 Å². The second-order valence-electron chi connectivity index (χ2n) is 35.7. The molecule has 0 aliphatic heterocycles. The van der Waals surface area contributed by atoms with Gasteiger partial charge >= 0.3 is 0 Å². The van der Waals surface area contributed by atoms with E-state index in [4.69, 9.17) is 29.9 Å². The van der Waals surface area contributed by atoms with Crippen molar-refractivity contribution in [2.75, 3.05) is 0 Å². The molecular formula is C127H84N6. The normalized spacial score (nSPS) is 13.2. The largest absolute Gasteiger partial charge is 0.228 e. The van der Waals surface area contributed by atoms with Crippen LogP contribution in [0.4, 0.5) is 0 Å². The summed E-state index contributed by atoms with van der Waals surface area (Å²) in [7, 11) is 0. The Morgan fingerprint density at radius 3 is 1.08 bits per heavy atom. The van der Waals surface area contributed by atoms with E-state index in [1.54, 1.807) is 0 Å². The van der Waals surface area contributed by atoms with Gasteiger partial charge < -0.3 is 0 Å². The summed E-state index contributed by atoms with van der Waals surface area (Å²) in [5.74, 6) is 2.21. The van der Waals surface area contributed by atoms with Gasteiger partial charge in [-0.15, -0.1) is 0 Å². The molecule has 3 heterocycles. The lowest BCUT2D eigenvalue weighted by Crippen LogP contribution is -2.28. The Hall–Kier alpha value is -17.1. The van der Waals surface area contributed by atoms with E-state index in [0.29, 0.717) is 0 Å². The first-order chi connectivity index (χ1) is 65.7. The number of aromatic nitrogens is 6. The van der Waals surface area contributed by atoms with Crippen LogP contribution < -0.4 is 0 Å². The van der Waals surface area contributed by atoms with Gasteiger partial charge in [0.2, 0.25) is 0 Å². The van der Waals surface area contributed by atoms with Crippen LogP contribution in [0.3, 0.4) is 0 Å². The molecule has 0 saturated heterocycles. The van der Waals surface area contributed by atoms with Crippen LogP contribution in [0, 0.1) is 0 Å². The molecule has 3 aliphatic rings. The predicted molar refractivity (Wildman–Crippen MR) is 551 cm³/mol. The van der Waals surface area contributed by atoms with Gasteiger partial charge in [-0.1, -0.05) is 426 Å². The molecule has 622 valence electrons. The second-order valence-corrected chi connectivity index (χ2v) is 35.7. The van der Waals surface area contributed by atoms with Gasteiger partial charge in [-0.25, -0.2) is 29.9 Å². The van der Waals surface area contributed by atoms with E-state index in [1.807, 2.05) is 24.3 Å². The number of benzene rings is 21. The first kappa shape index (κ1) is 78.2. The monoisotopic (exact) mass is 1690 g/mol. The van der Waals surface area contributed by atoms with Crippen LogP contribution in [0.15, 0.2) is 473 Å². The average molecular weight is 1690 g/mol. The van der Waals surface area contributed by atoms with E-state index in [1.165, 1.54) is 137 Å². The minimum Gasteiger partial charge on any atom is -0.228 e. The highest BCUT2D eigenvalue weighted by atomic mass is 14.9. The fourth-order valence-electron chi connectivity index (χ4n) is 22.0. The number of rotatable bonds is 10. The fourth-order valence-corrected chi connectivity index (χ4v) is 22.0. The Kier molecular flexibility index (Phi) is 18.6. The Bertz CT molecular complexity index is 8690. The fraction of sp³-hybridized carbons (Fsp3) is 0.0394. The maximum atomic E-state index is 5.30. The van der Waals surface area contributed by atoms with Gasteiger partial charge in [0.25, 0.3) is 0 Å². The third kappa shape index (κ3) is 12.8. The van der Waals surface area contributed by atoms with Crippen LogP contribution in [-0.2, 0) is 16.2 Å². The molecule has 0 unspecified atom stereocenters. The third-order valence-corrected chi connectivity index (χ3v) is 28.1. The molecule has 0 atom stereocenters. The molecule has 0 radical (unpaired) electrons. The van der Waals surface area contributed by atoms with E-state index in [-0.39, 0.29) is 5.41 Å². The zero-order valence-corrected chi connectivity index (χ0v) is 73.2. The zero-order valence-electron chi connectivity index (χ0n) is 73.2.